The first-order valence-electron chi connectivity index (χ1n) is 5.70. The number of aliphatic hydroxyl groups excluding tert-OH is 1. The molecular formula is C14H15BrO2S. The number of hydrogen-bond acceptors (Lipinski definition) is 3. The van der Waals surface area contributed by atoms with Crippen LogP contribution in [0, 0.1) is 6.92 Å². The van der Waals surface area contributed by atoms with E-state index in [4.69, 9.17) is 4.74 Å². The summed E-state index contributed by atoms with van der Waals surface area (Å²) in [6.07, 6.45) is -0.519. The topological polar surface area (TPSA) is 29.5 Å². The van der Waals surface area contributed by atoms with E-state index in [1.54, 1.807) is 18.3 Å². The summed E-state index contributed by atoms with van der Waals surface area (Å²) in [5.74, 6) is 0.750. The molecule has 96 valence electrons. The second kappa shape index (κ2) is 5.87. The van der Waals surface area contributed by atoms with Gasteiger partial charge >= 0.3 is 0 Å². The van der Waals surface area contributed by atoms with Crippen molar-refractivity contribution in [2.24, 2.45) is 0 Å². The van der Waals surface area contributed by atoms with Crippen LogP contribution in [0.4, 0.5) is 0 Å². The van der Waals surface area contributed by atoms with Crippen LogP contribution < -0.4 is 4.74 Å². The van der Waals surface area contributed by atoms with E-state index in [1.165, 1.54) is 0 Å². The zero-order chi connectivity index (χ0) is 13.1. The molecule has 0 aliphatic rings. The first kappa shape index (κ1) is 13.6. The molecule has 2 aromatic rings. The van der Waals surface area contributed by atoms with Gasteiger partial charge in [0.1, 0.15) is 12.4 Å². The molecule has 1 aromatic heterocycles. The van der Waals surface area contributed by atoms with Crippen LogP contribution in [0.3, 0.4) is 0 Å². The molecule has 18 heavy (non-hydrogen) atoms. The summed E-state index contributed by atoms with van der Waals surface area (Å²) in [5, 5.41) is 11.8. The predicted octanol–water partition coefficient (Wildman–Crippen LogP) is 4.45. The van der Waals surface area contributed by atoms with E-state index in [0.29, 0.717) is 6.61 Å². The lowest BCUT2D eigenvalue weighted by atomic mass is 10.1. The van der Waals surface area contributed by atoms with E-state index in [2.05, 4.69) is 15.9 Å². The molecule has 0 spiro atoms. The highest BCUT2D eigenvalue weighted by atomic mass is 79.9. The lowest BCUT2D eigenvalue weighted by Crippen LogP contribution is -2.00. The summed E-state index contributed by atoms with van der Waals surface area (Å²) in [6.45, 7) is 4.29. The van der Waals surface area contributed by atoms with Gasteiger partial charge in [-0.15, -0.1) is 11.3 Å². The molecule has 0 saturated heterocycles. The molecule has 0 radical (unpaired) electrons. The second-order valence-electron chi connectivity index (χ2n) is 4.24. The first-order valence-corrected chi connectivity index (χ1v) is 7.38. The fourth-order valence-electron chi connectivity index (χ4n) is 1.70. The molecule has 0 fully saturated rings. The van der Waals surface area contributed by atoms with Crippen molar-refractivity contribution in [1.29, 1.82) is 0 Å². The van der Waals surface area contributed by atoms with Gasteiger partial charge in [-0.05, 0) is 48.0 Å². The lowest BCUT2D eigenvalue weighted by Gasteiger charge is -2.13. The Morgan fingerprint density at radius 2 is 2.17 bits per heavy atom. The number of aliphatic hydroxyl groups is 1. The van der Waals surface area contributed by atoms with Gasteiger partial charge < -0.3 is 9.84 Å². The summed E-state index contributed by atoms with van der Waals surface area (Å²) < 4.78 is 6.86. The maximum atomic E-state index is 9.75. The number of rotatable bonds is 4. The Hall–Kier alpha value is -0.840. The van der Waals surface area contributed by atoms with Crippen LogP contribution in [0.1, 0.15) is 29.0 Å². The highest BCUT2D eigenvalue weighted by Crippen LogP contribution is 2.28. The number of hydrogen-bond donors (Lipinski definition) is 1. The smallest absolute Gasteiger partial charge is 0.125 e. The summed E-state index contributed by atoms with van der Waals surface area (Å²) >= 11 is 5.07. The zero-order valence-corrected chi connectivity index (χ0v) is 12.7. The Morgan fingerprint density at radius 3 is 2.78 bits per heavy atom. The van der Waals surface area contributed by atoms with Crippen LogP contribution in [0.15, 0.2) is 34.1 Å². The molecule has 0 aliphatic heterocycles. The maximum Gasteiger partial charge on any atom is 0.125 e. The van der Waals surface area contributed by atoms with E-state index in [9.17, 15) is 5.11 Å². The van der Waals surface area contributed by atoms with E-state index in [1.807, 2.05) is 36.6 Å². The van der Waals surface area contributed by atoms with Gasteiger partial charge in [-0.1, -0.05) is 11.6 Å². The van der Waals surface area contributed by atoms with Crippen molar-refractivity contribution < 1.29 is 9.84 Å². The summed E-state index contributed by atoms with van der Waals surface area (Å²) in [4.78, 5) is 1.15. The van der Waals surface area contributed by atoms with Gasteiger partial charge in [0.05, 0.1) is 6.10 Å². The Morgan fingerprint density at radius 1 is 1.39 bits per heavy atom. The third-order valence-electron chi connectivity index (χ3n) is 2.61. The van der Waals surface area contributed by atoms with Crippen molar-refractivity contribution in [3.05, 3.63) is 50.1 Å². The molecular weight excluding hydrogens is 312 g/mol. The van der Waals surface area contributed by atoms with Crippen LogP contribution >= 0.6 is 27.3 Å². The van der Waals surface area contributed by atoms with Gasteiger partial charge in [-0.3, -0.25) is 0 Å². The summed E-state index contributed by atoms with van der Waals surface area (Å²) in [7, 11) is 0. The SMILES string of the molecule is Cc1ccc(OCc2cc(Br)cs2)c([C@@H](C)O)c1. The van der Waals surface area contributed by atoms with E-state index >= 15 is 0 Å². The molecule has 1 atom stereocenters. The first-order chi connectivity index (χ1) is 8.56. The van der Waals surface area contributed by atoms with Crippen molar-refractivity contribution in [2.45, 2.75) is 26.6 Å². The number of thiophene rings is 1. The van der Waals surface area contributed by atoms with Crippen molar-refractivity contribution in [3.63, 3.8) is 0 Å². The van der Waals surface area contributed by atoms with Gasteiger partial charge in [-0.25, -0.2) is 0 Å². The van der Waals surface area contributed by atoms with Crippen LogP contribution in [0.25, 0.3) is 0 Å². The molecule has 2 nitrogen and oxygen atoms in total. The van der Waals surface area contributed by atoms with Gasteiger partial charge in [0.15, 0.2) is 0 Å². The van der Waals surface area contributed by atoms with Crippen LogP contribution in [-0.4, -0.2) is 5.11 Å². The van der Waals surface area contributed by atoms with Gasteiger partial charge in [0.2, 0.25) is 0 Å². The van der Waals surface area contributed by atoms with Crippen LogP contribution in [0.5, 0.6) is 5.75 Å². The van der Waals surface area contributed by atoms with Crippen LogP contribution in [0.2, 0.25) is 0 Å². The summed E-state index contributed by atoms with van der Waals surface area (Å²) in [6, 6.07) is 7.91. The van der Waals surface area contributed by atoms with Crippen molar-refractivity contribution in [3.8, 4) is 5.75 Å². The normalized spacial score (nSPS) is 12.4. The monoisotopic (exact) mass is 326 g/mol. The number of ether oxygens (including phenoxy) is 1. The quantitative estimate of drug-likeness (QED) is 0.899. The average Bonchev–Trinajstić information content (AvgIpc) is 2.73. The Balaban J connectivity index is 2.13. The molecule has 1 heterocycles. The Bertz CT molecular complexity index is 534. The molecule has 2 rings (SSSR count). The van der Waals surface area contributed by atoms with Crippen LogP contribution in [-0.2, 0) is 6.61 Å². The Labute approximate surface area is 119 Å². The van der Waals surface area contributed by atoms with E-state index in [0.717, 1.165) is 26.2 Å². The highest BCUT2D eigenvalue weighted by molar-refractivity contribution is 9.10. The van der Waals surface area contributed by atoms with E-state index < -0.39 is 6.10 Å². The molecule has 4 heteroatoms. The number of benzene rings is 1. The zero-order valence-electron chi connectivity index (χ0n) is 10.3. The minimum atomic E-state index is -0.519. The fourth-order valence-corrected chi connectivity index (χ4v) is 3.07. The maximum absolute atomic E-state index is 9.75. The van der Waals surface area contributed by atoms with Crippen molar-refractivity contribution in [2.75, 3.05) is 0 Å². The van der Waals surface area contributed by atoms with Gasteiger partial charge in [0.25, 0.3) is 0 Å². The lowest BCUT2D eigenvalue weighted by molar-refractivity contribution is 0.190. The molecule has 1 aromatic carbocycles. The fraction of sp³-hybridized carbons (Fsp3) is 0.286. The molecule has 0 amide bonds. The number of aryl methyl sites for hydroxylation is 1. The van der Waals surface area contributed by atoms with Gasteiger partial charge in [0, 0.05) is 20.3 Å². The number of halogens is 1. The van der Waals surface area contributed by atoms with E-state index in [-0.39, 0.29) is 0 Å². The average molecular weight is 327 g/mol. The molecule has 0 bridgehead atoms. The molecule has 0 aliphatic carbocycles. The second-order valence-corrected chi connectivity index (χ2v) is 6.15. The standard InChI is InChI=1S/C14H15BrO2S/c1-9-3-4-14(13(5-9)10(2)16)17-7-12-6-11(15)8-18-12/h3-6,8,10,16H,7H2,1-2H3/t10-/m1/s1. The minimum Gasteiger partial charge on any atom is -0.488 e. The van der Waals surface area contributed by atoms with Crippen molar-refractivity contribution >= 4 is 27.3 Å². The third-order valence-corrected chi connectivity index (χ3v) is 4.28. The third kappa shape index (κ3) is 3.34. The molecule has 0 unspecified atom stereocenters. The van der Waals surface area contributed by atoms with Crippen molar-refractivity contribution in [1.82, 2.24) is 0 Å². The highest BCUT2D eigenvalue weighted by Gasteiger charge is 2.10. The van der Waals surface area contributed by atoms with Gasteiger partial charge in [-0.2, -0.15) is 0 Å². The molecule has 1 N–H and O–H groups in total. The molecule has 0 saturated carbocycles. The minimum absolute atomic E-state index is 0.519. The Kier molecular flexibility index (Phi) is 4.43. The summed E-state index contributed by atoms with van der Waals surface area (Å²) in [5.41, 5.74) is 1.96. The largest absolute Gasteiger partial charge is 0.488 e. The predicted molar refractivity (Wildman–Crippen MR) is 78.2 cm³/mol.